The van der Waals surface area contributed by atoms with E-state index < -0.39 is 29.4 Å². The van der Waals surface area contributed by atoms with Crippen molar-refractivity contribution in [1.82, 2.24) is 10.6 Å². The van der Waals surface area contributed by atoms with E-state index in [4.69, 9.17) is 9.52 Å². The molecular formula is C13H18N2O5. The summed E-state index contributed by atoms with van der Waals surface area (Å²) >= 11 is 0. The van der Waals surface area contributed by atoms with Crippen LogP contribution in [0.2, 0.25) is 0 Å². The summed E-state index contributed by atoms with van der Waals surface area (Å²) in [7, 11) is 0. The van der Waals surface area contributed by atoms with E-state index in [0.29, 0.717) is 0 Å². The lowest BCUT2D eigenvalue weighted by Crippen LogP contribution is -2.52. The predicted octanol–water partition coefficient (Wildman–Crippen LogP) is 0.767. The van der Waals surface area contributed by atoms with Crippen molar-refractivity contribution in [2.75, 3.05) is 0 Å². The standard InChI is InChI=1S/C13H18N2O5/c1-8(14-12(19)9-5-4-6-20-9)11(18)15-13(2,3)7-10(16)17/h4-6,8H,7H2,1-3H3,(H,14,19)(H,15,18)(H,16,17). The molecule has 7 heteroatoms. The second-order valence-electron chi connectivity index (χ2n) is 5.12. The summed E-state index contributed by atoms with van der Waals surface area (Å²) in [6.45, 7) is 4.70. The maximum atomic E-state index is 11.9. The number of rotatable bonds is 6. The second-order valence-corrected chi connectivity index (χ2v) is 5.12. The number of carboxylic acids is 1. The van der Waals surface area contributed by atoms with Crippen molar-refractivity contribution in [2.45, 2.75) is 38.8 Å². The van der Waals surface area contributed by atoms with Crippen LogP contribution in [0.1, 0.15) is 37.7 Å². The highest BCUT2D eigenvalue weighted by molar-refractivity contribution is 5.95. The first kappa shape index (κ1) is 15.7. The Hall–Kier alpha value is -2.31. The third kappa shape index (κ3) is 4.75. The van der Waals surface area contributed by atoms with Crippen molar-refractivity contribution in [1.29, 1.82) is 0 Å². The molecule has 0 saturated carbocycles. The van der Waals surface area contributed by atoms with E-state index in [0.717, 1.165) is 0 Å². The molecule has 110 valence electrons. The number of amides is 2. The van der Waals surface area contributed by atoms with Crippen LogP contribution < -0.4 is 10.6 Å². The second kappa shape index (κ2) is 6.23. The van der Waals surface area contributed by atoms with E-state index in [1.165, 1.54) is 19.3 Å². The number of carboxylic acid groups (broad SMARTS) is 1. The Morgan fingerprint density at radius 2 is 2.05 bits per heavy atom. The van der Waals surface area contributed by atoms with Crippen molar-refractivity contribution in [2.24, 2.45) is 0 Å². The summed E-state index contributed by atoms with van der Waals surface area (Å²) < 4.78 is 4.91. The Kier molecular flexibility index (Phi) is 4.90. The molecule has 1 rings (SSSR count). The first-order valence-corrected chi connectivity index (χ1v) is 6.09. The number of hydrogen-bond donors (Lipinski definition) is 3. The molecule has 1 atom stereocenters. The Morgan fingerprint density at radius 1 is 1.40 bits per heavy atom. The summed E-state index contributed by atoms with van der Waals surface area (Å²) in [4.78, 5) is 34.2. The van der Waals surface area contributed by atoms with E-state index in [1.54, 1.807) is 19.9 Å². The largest absolute Gasteiger partial charge is 0.481 e. The predicted molar refractivity (Wildman–Crippen MR) is 70.1 cm³/mol. The van der Waals surface area contributed by atoms with Gasteiger partial charge in [0.15, 0.2) is 5.76 Å². The summed E-state index contributed by atoms with van der Waals surface area (Å²) in [6, 6.07) is 2.24. The molecule has 1 aromatic rings. The molecule has 3 N–H and O–H groups in total. The van der Waals surface area contributed by atoms with Crippen LogP contribution in [-0.2, 0) is 9.59 Å². The van der Waals surface area contributed by atoms with Gasteiger partial charge in [0.2, 0.25) is 5.91 Å². The summed E-state index contributed by atoms with van der Waals surface area (Å²) in [5, 5.41) is 13.8. The minimum absolute atomic E-state index is 0.106. The fourth-order valence-electron chi connectivity index (χ4n) is 1.61. The van der Waals surface area contributed by atoms with Crippen LogP contribution in [0, 0.1) is 0 Å². The van der Waals surface area contributed by atoms with Gasteiger partial charge in [0.25, 0.3) is 5.91 Å². The molecule has 0 aromatic carbocycles. The number of nitrogens with one attached hydrogen (secondary N) is 2. The molecule has 0 aliphatic heterocycles. The molecule has 7 nitrogen and oxygen atoms in total. The SMILES string of the molecule is CC(NC(=O)c1ccco1)C(=O)NC(C)(C)CC(=O)O. The van der Waals surface area contributed by atoms with Crippen LogP contribution in [-0.4, -0.2) is 34.5 Å². The molecule has 1 heterocycles. The third-order valence-corrected chi connectivity index (χ3v) is 2.54. The minimum atomic E-state index is -1.01. The number of aliphatic carboxylic acids is 1. The molecular weight excluding hydrogens is 264 g/mol. The molecule has 1 aromatic heterocycles. The van der Waals surface area contributed by atoms with Crippen LogP contribution in [0.4, 0.5) is 0 Å². The van der Waals surface area contributed by atoms with Crippen LogP contribution >= 0.6 is 0 Å². The average molecular weight is 282 g/mol. The minimum Gasteiger partial charge on any atom is -0.481 e. The fourth-order valence-corrected chi connectivity index (χ4v) is 1.61. The van der Waals surface area contributed by atoms with Gasteiger partial charge in [0, 0.05) is 5.54 Å². The number of carbonyl (C=O) groups excluding carboxylic acids is 2. The Balaban J connectivity index is 2.55. The zero-order chi connectivity index (χ0) is 15.3. The maximum Gasteiger partial charge on any atom is 0.305 e. The third-order valence-electron chi connectivity index (χ3n) is 2.54. The Labute approximate surface area is 116 Å². The molecule has 0 aliphatic rings. The molecule has 0 fully saturated rings. The molecule has 1 unspecified atom stereocenters. The van der Waals surface area contributed by atoms with E-state index >= 15 is 0 Å². The van der Waals surface area contributed by atoms with Crippen LogP contribution in [0.15, 0.2) is 22.8 Å². The maximum absolute atomic E-state index is 11.9. The van der Waals surface area contributed by atoms with Crippen LogP contribution in [0.3, 0.4) is 0 Å². The fraction of sp³-hybridized carbons (Fsp3) is 0.462. The highest BCUT2D eigenvalue weighted by Crippen LogP contribution is 2.08. The topological polar surface area (TPSA) is 109 Å². The Morgan fingerprint density at radius 3 is 2.55 bits per heavy atom. The number of furan rings is 1. The first-order valence-electron chi connectivity index (χ1n) is 6.09. The molecule has 0 saturated heterocycles. The Bertz CT molecular complexity index is 493. The smallest absolute Gasteiger partial charge is 0.305 e. The van der Waals surface area contributed by atoms with Crippen molar-refractivity contribution in [3.05, 3.63) is 24.2 Å². The van der Waals surface area contributed by atoms with Crippen molar-refractivity contribution in [3.8, 4) is 0 Å². The molecule has 0 radical (unpaired) electrons. The molecule has 20 heavy (non-hydrogen) atoms. The quantitative estimate of drug-likeness (QED) is 0.714. The zero-order valence-corrected chi connectivity index (χ0v) is 11.6. The van der Waals surface area contributed by atoms with Gasteiger partial charge in [-0.3, -0.25) is 14.4 Å². The van der Waals surface area contributed by atoms with Gasteiger partial charge in [-0.05, 0) is 32.9 Å². The van der Waals surface area contributed by atoms with Gasteiger partial charge in [0.05, 0.1) is 12.7 Å². The number of carbonyl (C=O) groups is 3. The summed E-state index contributed by atoms with van der Waals surface area (Å²) in [5.74, 6) is -1.87. The van der Waals surface area contributed by atoms with Gasteiger partial charge in [-0.25, -0.2) is 0 Å². The highest BCUT2D eigenvalue weighted by Gasteiger charge is 2.27. The van der Waals surface area contributed by atoms with E-state index in [-0.39, 0.29) is 12.2 Å². The van der Waals surface area contributed by atoms with Crippen molar-refractivity contribution >= 4 is 17.8 Å². The van der Waals surface area contributed by atoms with Crippen molar-refractivity contribution < 1.29 is 23.9 Å². The van der Waals surface area contributed by atoms with Gasteiger partial charge in [-0.2, -0.15) is 0 Å². The first-order chi connectivity index (χ1) is 9.21. The highest BCUT2D eigenvalue weighted by atomic mass is 16.4. The molecule has 0 aliphatic carbocycles. The number of hydrogen-bond acceptors (Lipinski definition) is 4. The van der Waals surface area contributed by atoms with E-state index in [1.807, 2.05) is 0 Å². The lowest BCUT2D eigenvalue weighted by Gasteiger charge is -2.26. The van der Waals surface area contributed by atoms with Crippen molar-refractivity contribution in [3.63, 3.8) is 0 Å². The van der Waals surface area contributed by atoms with E-state index in [2.05, 4.69) is 10.6 Å². The average Bonchev–Trinajstić information content (AvgIpc) is 2.79. The van der Waals surface area contributed by atoms with Gasteiger partial charge < -0.3 is 20.2 Å². The van der Waals surface area contributed by atoms with Gasteiger partial charge in [0.1, 0.15) is 6.04 Å². The van der Waals surface area contributed by atoms with Gasteiger partial charge in [-0.15, -0.1) is 0 Å². The van der Waals surface area contributed by atoms with Gasteiger partial charge in [-0.1, -0.05) is 0 Å². The van der Waals surface area contributed by atoms with Crippen LogP contribution in [0.25, 0.3) is 0 Å². The monoisotopic (exact) mass is 282 g/mol. The molecule has 2 amide bonds. The molecule has 0 bridgehead atoms. The van der Waals surface area contributed by atoms with E-state index in [9.17, 15) is 14.4 Å². The normalized spacial score (nSPS) is 12.6. The lowest BCUT2D eigenvalue weighted by molar-refractivity contribution is -0.138. The van der Waals surface area contributed by atoms with Gasteiger partial charge >= 0.3 is 5.97 Å². The van der Waals surface area contributed by atoms with Crippen LogP contribution in [0.5, 0.6) is 0 Å². The summed E-state index contributed by atoms with van der Waals surface area (Å²) in [6.07, 6.45) is 1.15. The summed E-state index contributed by atoms with van der Waals surface area (Å²) in [5.41, 5.74) is -0.896. The zero-order valence-electron chi connectivity index (χ0n) is 11.6. The lowest BCUT2D eigenvalue weighted by atomic mass is 10.0. The molecule has 0 spiro atoms.